The van der Waals surface area contributed by atoms with Crippen molar-refractivity contribution >= 4 is 16.3 Å². The lowest BCUT2D eigenvalue weighted by atomic mass is 9.99. The van der Waals surface area contributed by atoms with Crippen LogP contribution in [0.2, 0.25) is 0 Å². The summed E-state index contributed by atoms with van der Waals surface area (Å²) in [6.07, 6.45) is 61.0. The Kier molecular flexibility index (Phi) is 52.4. The second-order valence-corrected chi connectivity index (χ2v) is 24.5. The van der Waals surface area contributed by atoms with Gasteiger partial charge in [-0.25, -0.2) is 4.18 Å². The molecule has 1 fully saturated rings. The van der Waals surface area contributed by atoms with Crippen LogP contribution in [-0.2, 0) is 28.9 Å². The van der Waals surface area contributed by atoms with Crippen LogP contribution in [-0.4, -0.2) is 95.4 Å². The molecule has 12 nitrogen and oxygen atoms in total. The van der Waals surface area contributed by atoms with Gasteiger partial charge in [0.15, 0.2) is 6.29 Å². The molecule has 0 bridgehead atoms. The van der Waals surface area contributed by atoms with Gasteiger partial charge in [-0.3, -0.25) is 9.35 Å². The lowest BCUT2D eigenvalue weighted by Gasteiger charge is -2.41. The van der Waals surface area contributed by atoms with Crippen molar-refractivity contribution < 1.29 is 51.8 Å². The molecule has 78 heavy (non-hydrogen) atoms. The number of rotatable bonds is 59. The summed E-state index contributed by atoms with van der Waals surface area (Å²) in [5, 5.41) is 45.1. The van der Waals surface area contributed by atoms with Crippen LogP contribution >= 0.6 is 0 Å². The predicted molar refractivity (Wildman–Crippen MR) is 324 cm³/mol. The summed E-state index contributed by atoms with van der Waals surface area (Å²) >= 11 is 0. The summed E-state index contributed by atoms with van der Waals surface area (Å²) in [5.41, 5.74) is 0. The van der Waals surface area contributed by atoms with Crippen LogP contribution in [0, 0.1) is 0 Å². The third kappa shape index (κ3) is 46.1. The summed E-state index contributed by atoms with van der Waals surface area (Å²) in [6, 6.07) is -0.944. The first-order chi connectivity index (χ1) is 38.0. The van der Waals surface area contributed by atoms with Crippen LogP contribution in [0.25, 0.3) is 0 Å². The second-order valence-electron chi connectivity index (χ2n) is 23.4. The second kappa shape index (κ2) is 54.8. The number of ether oxygens (including phenoxy) is 2. The third-order valence-corrected chi connectivity index (χ3v) is 16.4. The van der Waals surface area contributed by atoms with Crippen molar-refractivity contribution in [3.05, 3.63) is 24.3 Å². The topological polar surface area (TPSA) is 192 Å². The molecule has 7 unspecified atom stereocenters. The van der Waals surface area contributed by atoms with E-state index in [9.17, 15) is 38.2 Å². The molecule has 1 rings (SSSR count). The molecule has 1 aliphatic rings. The third-order valence-electron chi connectivity index (χ3n) is 16.0. The zero-order valence-corrected chi connectivity index (χ0v) is 51.3. The zero-order chi connectivity index (χ0) is 56.8. The molecule has 462 valence electrons. The van der Waals surface area contributed by atoms with Crippen LogP contribution in [0.15, 0.2) is 24.3 Å². The molecular weight excluding hydrogens is 1000 g/mol. The molecule has 1 heterocycles. The maximum absolute atomic E-state index is 13.2. The Hall–Kier alpha value is -1.42. The Morgan fingerprint density at radius 2 is 0.821 bits per heavy atom. The highest BCUT2D eigenvalue weighted by Crippen LogP contribution is 2.26. The van der Waals surface area contributed by atoms with E-state index in [1.165, 1.54) is 263 Å². The summed E-state index contributed by atoms with van der Waals surface area (Å²) in [4.78, 5) is 13.2. The van der Waals surface area contributed by atoms with Gasteiger partial charge in [0.1, 0.15) is 24.4 Å². The number of carbonyl (C=O) groups is 1. The SMILES string of the molecule is CCCCCCCCCCCCCC/C=C\CCCCCCCCCCCCCCC(=O)NC(COC1OC(CO)C(O)C(OS(=O)(=O)O)C1O)C(O)/C=C/CCCCCCCCCCCCCCCCCCCCCCC. The van der Waals surface area contributed by atoms with E-state index in [1.807, 2.05) is 6.08 Å². The Balaban J connectivity index is 2.29. The Morgan fingerprint density at radius 1 is 0.500 bits per heavy atom. The number of aliphatic hydroxyl groups excluding tert-OH is 4. The minimum Gasteiger partial charge on any atom is -0.394 e. The van der Waals surface area contributed by atoms with Crippen LogP contribution < -0.4 is 5.32 Å². The summed E-state index contributed by atoms with van der Waals surface area (Å²) in [5.74, 6) is -0.257. The van der Waals surface area contributed by atoms with Crippen molar-refractivity contribution in [1.29, 1.82) is 0 Å². The fourth-order valence-corrected chi connectivity index (χ4v) is 11.4. The number of allylic oxidation sites excluding steroid dienone is 3. The van der Waals surface area contributed by atoms with Gasteiger partial charge in [0.2, 0.25) is 5.91 Å². The summed E-state index contributed by atoms with van der Waals surface area (Å²) < 4.78 is 48.0. The minimum atomic E-state index is -5.09. The smallest absolute Gasteiger partial charge is 0.394 e. The van der Waals surface area contributed by atoms with E-state index in [1.54, 1.807) is 6.08 Å². The molecule has 0 saturated carbocycles. The first kappa shape index (κ1) is 74.6. The van der Waals surface area contributed by atoms with Gasteiger partial charge in [-0.2, -0.15) is 8.42 Å². The van der Waals surface area contributed by atoms with Crippen LogP contribution in [0.5, 0.6) is 0 Å². The van der Waals surface area contributed by atoms with Gasteiger partial charge in [0.05, 0.1) is 25.4 Å². The van der Waals surface area contributed by atoms with Gasteiger partial charge in [0.25, 0.3) is 0 Å². The normalized spacial score (nSPS) is 18.9. The average Bonchev–Trinajstić information content (AvgIpc) is 3.45. The molecule has 0 aliphatic carbocycles. The van der Waals surface area contributed by atoms with E-state index in [0.717, 1.165) is 38.5 Å². The van der Waals surface area contributed by atoms with Gasteiger partial charge in [0, 0.05) is 6.42 Å². The number of hydrogen-bond acceptors (Lipinski definition) is 10. The van der Waals surface area contributed by atoms with Crippen LogP contribution in [0.4, 0.5) is 0 Å². The Bertz CT molecular complexity index is 1470. The van der Waals surface area contributed by atoms with Gasteiger partial charge in [-0.05, 0) is 44.9 Å². The fraction of sp³-hybridized carbons (Fsp3) is 0.923. The first-order valence-corrected chi connectivity index (χ1v) is 34.6. The maximum atomic E-state index is 13.2. The number of unbranched alkanes of at least 4 members (excludes halogenated alkanes) is 45. The number of hydrogen-bond donors (Lipinski definition) is 6. The molecule has 13 heteroatoms. The predicted octanol–water partition coefficient (Wildman–Crippen LogP) is 16.7. The van der Waals surface area contributed by atoms with E-state index in [2.05, 4.69) is 35.5 Å². The molecule has 0 spiro atoms. The van der Waals surface area contributed by atoms with Gasteiger partial charge >= 0.3 is 10.4 Å². The lowest BCUT2D eigenvalue weighted by Crippen LogP contribution is -2.61. The van der Waals surface area contributed by atoms with Crippen molar-refractivity contribution in [3.63, 3.8) is 0 Å². The van der Waals surface area contributed by atoms with Gasteiger partial charge < -0.3 is 35.2 Å². The standard InChI is InChI=1S/C65H125NO11S/c1-3-5-7-9-11-13-15-17-19-21-23-25-27-28-29-30-31-33-35-37-39-41-43-45-47-49-51-53-55-61(69)66-58(57-75-65-63(71)64(77-78(72,73)74)62(70)60(56-67)76-65)59(68)54-52-50-48-46-44-42-40-38-36-34-32-26-24-22-20-18-16-14-12-10-8-6-4-2/h28-29,52,54,58-60,62-65,67-68,70-71H,3-27,30-51,53,55-57H2,1-2H3,(H,66,69)(H,72,73,74)/b29-28-,54-52+. The molecule has 6 N–H and O–H groups in total. The fourth-order valence-electron chi connectivity index (χ4n) is 10.9. The lowest BCUT2D eigenvalue weighted by molar-refractivity contribution is -0.298. The monoisotopic (exact) mass is 1130 g/mol. The zero-order valence-electron chi connectivity index (χ0n) is 50.5. The molecular formula is C65H125NO11S. The highest BCUT2D eigenvalue weighted by atomic mass is 32.3. The summed E-state index contributed by atoms with van der Waals surface area (Å²) in [6.45, 7) is 3.46. The van der Waals surface area contributed by atoms with Gasteiger partial charge in [-0.15, -0.1) is 0 Å². The van der Waals surface area contributed by atoms with Crippen molar-refractivity contribution in [2.45, 2.75) is 371 Å². The minimum absolute atomic E-state index is 0.257. The van der Waals surface area contributed by atoms with E-state index in [0.29, 0.717) is 6.42 Å². The number of nitrogens with one attached hydrogen (secondary N) is 1. The van der Waals surface area contributed by atoms with Crippen LogP contribution in [0.3, 0.4) is 0 Å². The molecule has 0 radical (unpaired) electrons. The van der Waals surface area contributed by atoms with E-state index in [-0.39, 0.29) is 18.9 Å². The van der Waals surface area contributed by atoms with Crippen LogP contribution in [0.1, 0.15) is 328 Å². The summed E-state index contributed by atoms with van der Waals surface area (Å²) in [7, 11) is -5.09. The highest BCUT2D eigenvalue weighted by Gasteiger charge is 2.48. The number of carbonyl (C=O) groups excluding carboxylic acids is 1. The molecule has 1 amide bonds. The molecule has 7 atom stereocenters. The average molecular weight is 1130 g/mol. The van der Waals surface area contributed by atoms with E-state index >= 15 is 0 Å². The van der Waals surface area contributed by atoms with Crippen molar-refractivity contribution in [1.82, 2.24) is 5.32 Å². The number of aliphatic hydroxyl groups is 4. The molecule has 1 saturated heterocycles. The Labute approximate surface area is 480 Å². The maximum Gasteiger partial charge on any atom is 0.397 e. The van der Waals surface area contributed by atoms with Crippen molar-refractivity contribution in [3.8, 4) is 0 Å². The Morgan fingerprint density at radius 3 is 1.15 bits per heavy atom. The molecule has 0 aromatic carbocycles. The highest BCUT2D eigenvalue weighted by molar-refractivity contribution is 7.80. The van der Waals surface area contributed by atoms with E-state index in [4.69, 9.17) is 9.47 Å². The molecule has 1 aliphatic heterocycles. The molecule has 0 aromatic rings. The first-order valence-electron chi connectivity index (χ1n) is 33.2. The van der Waals surface area contributed by atoms with Crippen molar-refractivity contribution in [2.75, 3.05) is 13.2 Å². The quantitative estimate of drug-likeness (QED) is 0.0193. The number of amides is 1. The molecule has 0 aromatic heterocycles. The largest absolute Gasteiger partial charge is 0.397 e. The van der Waals surface area contributed by atoms with Crippen molar-refractivity contribution in [2.24, 2.45) is 0 Å². The van der Waals surface area contributed by atoms with E-state index < -0.39 is 59.9 Å². The van der Waals surface area contributed by atoms with Gasteiger partial charge in [-0.1, -0.05) is 301 Å².